The van der Waals surface area contributed by atoms with Gasteiger partial charge >= 0.3 is 199 Å². The van der Waals surface area contributed by atoms with Crippen LogP contribution in [0.1, 0.15) is 0 Å². The molecule has 0 radical (unpaired) electrons. The number of nitrogens with zero attached hydrogens (tertiary/aromatic N) is 6. The Kier molecular flexibility index (Phi) is 8.51. The zero-order valence-electron chi connectivity index (χ0n) is 9.92. The molecule has 0 aromatic rings. The van der Waals surface area contributed by atoms with Crippen LogP contribution in [0.4, 0.5) is 0 Å². The van der Waals surface area contributed by atoms with Crippen LogP contribution in [0.25, 0.3) is 0 Å². The van der Waals surface area contributed by atoms with Gasteiger partial charge in [0.05, 0.1) is 0 Å². The van der Waals surface area contributed by atoms with Crippen LogP contribution < -0.4 is 103 Å². The molecule has 0 saturated carbocycles. The fourth-order valence-electron chi connectivity index (χ4n) is 0.667. The normalized spacial score (nSPS) is 13.1. The fraction of sp³-hybridized carbons (Fsp3) is 0. The minimum atomic E-state index is -10.8. The molecule has 113 valence electrons. The second-order valence-electron chi connectivity index (χ2n) is 2.18. The molecule has 18 nitrogen and oxygen atoms in total. The van der Waals surface area contributed by atoms with Gasteiger partial charge in [0, 0.05) is 0 Å². The maximum atomic E-state index is 10.5. The van der Waals surface area contributed by atoms with Crippen molar-refractivity contribution in [1.29, 1.82) is 0 Å². The molecular weight excluding hydrogens is 457 g/mol. The van der Waals surface area contributed by atoms with Crippen LogP contribution in [-0.4, -0.2) is 22.0 Å². The molecule has 0 aliphatic carbocycles. The maximum Gasteiger partial charge on any atom is 1.00 e. The molecule has 0 aromatic carbocycles. The zero-order valence-corrected chi connectivity index (χ0v) is 17.8. The molecule has 0 aliphatic heterocycles. The summed E-state index contributed by atoms with van der Waals surface area (Å²) in [6.07, 6.45) is 0. The van der Waals surface area contributed by atoms with Crippen LogP contribution >= 0.6 is 0 Å². The number of nitro groups is 6. The van der Waals surface area contributed by atoms with Gasteiger partial charge in [-0.2, -0.15) is 0 Å². The zero-order chi connectivity index (χ0) is 15.9. The quantitative estimate of drug-likeness (QED) is 0.205. The van der Waals surface area contributed by atoms with Gasteiger partial charge in [-0.1, -0.05) is 0 Å². The summed E-state index contributed by atoms with van der Waals surface area (Å²) in [4.78, 5) is 63.3. The Hall–Kier alpha value is 0.296. The van der Waals surface area contributed by atoms with E-state index in [4.69, 9.17) is 0 Å². The summed E-state index contributed by atoms with van der Waals surface area (Å²) in [5.74, 6) is 0. The third kappa shape index (κ3) is 1.87. The Balaban J connectivity index is -0.00000162. The first-order valence-electron chi connectivity index (χ1n) is 3.09. The summed E-state index contributed by atoms with van der Waals surface area (Å²) in [6, 6.07) is 0. The fourth-order valence-corrected chi connectivity index (χ4v) is 3.94. The Morgan fingerprint density at radius 1 is 0.429 bits per heavy atom. The number of hydrogen-bond acceptors (Lipinski definition) is 12. The third-order valence-corrected chi connectivity index (χ3v) is 9.66. The average molecular weight is 457 g/mol. The van der Waals surface area contributed by atoms with E-state index in [-0.39, 0.29) is 103 Å². The summed E-state index contributed by atoms with van der Waals surface area (Å²) in [7, 11) is 0. The van der Waals surface area contributed by atoms with E-state index < -0.39 is 35.9 Å². The van der Waals surface area contributed by atoms with Crippen LogP contribution in [0, 0.1) is 60.7 Å². The summed E-state index contributed by atoms with van der Waals surface area (Å²) in [5, 5.41) is 63.3. The molecule has 21 heavy (non-hydrogen) atoms. The van der Waals surface area contributed by atoms with Crippen molar-refractivity contribution in [3.8, 4) is 0 Å². The van der Waals surface area contributed by atoms with E-state index in [9.17, 15) is 60.7 Å². The van der Waals surface area contributed by atoms with Gasteiger partial charge in [-0.15, -0.1) is 0 Å². The maximum absolute atomic E-state index is 10.8. The van der Waals surface area contributed by atoms with E-state index in [1.165, 1.54) is 0 Å². The summed E-state index contributed by atoms with van der Waals surface area (Å²) in [6.45, 7) is 0. The molecule has 0 bridgehead atoms. The van der Waals surface area contributed by atoms with Gasteiger partial charge in [0.15, 0.2) is 0 Å². The molecule has 0 saturated heterocycles. The van der Waals surface area contributed by atoms with Crippen molar-refractivity contribution in [3.05, 3.63) is 60.7 Å². The monoisotopic (exact) mass is 457 g/mol. The largest absolute Gasteiger partial charge is 1.00 e. The van der Waals surface area contributed by atoms with Gasteiger partial charge in [-0.05, 0) is 0 Å². The molecule has 0 atom stereocenters. The predicted octanol–water partition coefficient (Wildman–Crippen LogP) is -7.63. The van der Waals surface area contributed by atoms with Gasteiger partial charge in [0.2, 0.25) is 0 Å². The van der Waals surface area contributed by atoms with Gasteiger partial charge in [-0.25, -0.2) is 0 Å². The second-order valence-corrected chi connectivity index (χ2v) is 10.7. The average Bonchev–Trinajstić information content (AvgIpc) is 2.15. The molecule has 0 amide bonds. The molecule has 0 aromatic heterocycles. The molecule has 0 heterocycles. The predicted molar refractivity (Wildman–Crippen MR) is 42.0 cm³/mol. The van der Waals surface area contributed by atoms with Crippen molar-refractivity contribution in [1.82, 2.24) is 0 Å². The Bertz CT molecular complexity index is 435. The Morgan fingerprint density at radius 2 is 0.524 bits per heavy atom. The molecule has 0 rings (SSSR count). The first kappa shape index (κ1) is 26.2. The molecular formula is K2N6O12Rh. The minimum Gasteiger partial charge on any atom is 1.00 e. The van der Waals surface area contributed by atoms with Crippen molar-refractivity contribution in [2.45, 2.75) is 0 Å². The first-order valence-corrected chi connectivity index (χ1v) is 7.48. The smallest absolute Gasteiger partial charge is 1.00 e. The van der Waals surface area contributed by atoms with Gasteiger partial charge in [-0.3, -0.25) is 0 Å². The Morgan fingerprint density at radius 3 is 0.524 bits per heavy atom. The minimum absolute atomic E-state index is 0. The van der Waals surface area contributed by atoms with Crippen LogP contribution in [0.3, 0.4) is 0 Å². The van der Waals surface area contributed by atoms with E-state index >= 15 is 0 Å². The summed E-state index contributed by atoms with van der Waals surface area (Å²) in [5.41, 5.74) is 0. The molecule has 0 fully saturated rings. The topological polar surface area (TPSA) is 259 Å². The van der Waals surface area contributed by atoms with Crippen LogP contribution in [-0.2, 0) is 13.9 Å². The first-order chi connectivity index (χ1) is 8.34. The molecule has 0 aliphatic rings. The number of rotatable bonds is 6. The van der Waals surface area contributed by atoms with Crippen molar-refractivity contribution in [3.63, 3.8) is 0 Å². The SMILES string of the molecule is O=[N+]([O-])[Rh-2]([N+](=O)[O-])([N+](=O)[O-])([N+](=O)[O-])([N+](=O)[O-])[N+](=O)[O-].[K+].[K+]. The molecule has 21 heteroatoms. The van der Waals surface area contributed by atoms with Gasteiger partial charge in [0.25, 0.3) is 0 Å². The molecule has 0 spiro atoms. The molecule has 0 unspecified atom stereocenters. The van der Waals surface area contributed by atoms with E-state index in [0.29, 0.717) is 0 Å². The number of hydrogen-bond donors (Lipinski definition) is 0. The van der Waals surface area contributed by atoms with E-state index in [1.54, 1.807) is 0 Å². The van der Waals surface area contributed by atoms with E-state index in [0.717, 1.165) is 0 Å². The summed E-state index contributed by atoms with van der Waals surface area (Å²) < 4.78 is -19.4. The van der Waals surface area contributed by atoms with Gasteiger partial charge in [0.1, 0.15) is 0 Å². The van der Waals surface area contributed by atoms with Crippen molar-refractivity contribution < 1.29 is 139 Å². The van der Waals surface area contributed by atoms with E-state index in [2.05, 4.69) is 0 Å². The van der Waals surface area contributed by atoms with Crippen LogP contribution in [0.5, 0.6) is 0 Å². The second kappa shape index (κ2) is 6.82. The van der Waals surface area contributed by atoms with Crippen LogP contribution in [0.15, 0.2) is 0 Å². The van der Waals surface area contributed by atoms with Gasteiger partial charge < -0.3 is 0 Å². The van der Waals surface area contributed by atoms with Crippen molar-refractivity contribution in [2.24, 2.45) is 0 Å². The summed E-state index contributed by atoms with van der Waals surface area (Å²) >= 11 is -10.8. The molecule has 0 N–H and O–H groups in total. The van der Waals surface area contributed by atoms with Crippen molar-refractivity contribution >= 4 is 0 Å². The Labute approximate surface area is 195 Å². The van der Waals surface area contributed by atoms with Crippen molar-refractivity contribution in [2.75, 3.05) is 0 Å². The van der Waals surface area contributed by atoms with E-state index in [1.807, 2.05) is 0 Å². The van der Waals surface area contributed by atoms with Crippen LogP contribution in [0.2, 0.25) is 0 Å². The standard InChI is InChI=1S/2K.6NO2.Rh/c;;6*2-1-3;/q2*+1;;;;;;;-2. The third-order valence-electron chi connectivity index (χ3n) is 1.63.